The quantitative estimate of drug-likeness (QED) is 0.835. The summed E-state index contributed by atoms with van der Waals surface area (Å²) in [6.45, 7) is 0.00675. The molecule has 3 heteroatoms. The number of rotatable bonds is 5. The number of hydrogen-bond acceptors (Lipinski definition) is 3. The summed E-state index contributed by atoms with van der Waals surface area (Å²) in [5, 5.41) is 9.16. The minimum atomic E-state index is 0.00675. The zero-order valence-corrected chi connectivity index (χ0v) is 11.1. The van der Waals surface area contributed by atoms with Crippen molar-refractivity contribution in [1.29, 1.82) is 0 Å². The monoisotopic (exact) mass is 260 g/mol. The van der Waals surface area contributed by atoms with Crippen LogP contribution < -0.4 is 4.74 Å². The molecule has 0 aliphatic heterocycles. The molecule has 0 amide bonds. The summed E-state index contributed by atoms with van der Waals surface area (Å²) >= 11 is 1.76. The Morgan fingerprint density at radius 2 is 1.89 bits per heavy atom. The van der Waals surface area contributed by atoms with E-state index in [1.54, 1.807) is 18.9 Å². The molecule has 2 aromatic rings. The third-order valence-corrected chi connectivity index (χ3v) is 3.74. The lowest BCUT2D eigenvalue weighted by atomic mass is 10.2. The van der Waals surface area contributed by atoms with Crippen LogP contribution in [-0.2, 0) is 12.4 Å². The lowest BCUT2D eigenvalue weighted by Gasteiger charge is -2.08. The first-order chi connectivity index (χ1) is 8.83. The van der Waals surface area contributed by atoms with Crippen molar-refractivity contribution < 1.29 is 9.84 Å². The van der Waals surface area contributed by atoms with E-state index < -0.39 is 0 Å². The summed E-state index contributed by atoms with van der Waals surface area (Å²) in [7, 11) is 1.63. The number of aliphatic hydroxyl groups excluding tert-OH is 1. The van der Waals surface area contributed by atoms with Gasteiger partial charge in [0.25, 0.3) is 0 Å². The van der Waals surface area contributed by atoms with Crippen LogP contribution in [0.4, 0.5) is 0 Å². The molecule has 0 radical (unpaired) electrons. The van der Waals surface area contributed by atoms with E-state index in [0.29, 0.717) is 0 Å². The van der Waals surface area contributed by atoms with E-state index in [1.165, 1.54) is 5.56 Å². The molecule has 0 unspecified atom stereocenters. The Bertz CT molecular complexity index is 497. The van der Waals surface area contributed by atoms with Gasteiger partial charge in [0, 0.05) is 16.2 Å². The maximum absolute atomic E-state index is 9.16. The Balaban J connectivity index is 2.06. The van der Waals surface area contributed by atoms with Crippen LogP contribution in [0.5, 0.6) is 5.75 Å². The molecule has 2 nitrogen and oxygen atoms in total. The van der Waals surface area contributed by atoms with Crippen LogP contribution in [0.2, 0.25) is 0 Å². The van der Waals surface area contributed by atoms with Crippen LogP contribution in [0, 0.1) is 0 Å². The summed E-state index contributed by atoms with van der Waals surface area (Å²) in [5.41, 5.74) is 2.12. The third kappa shape index (κ3) is 3.28. The standard InChI is InChI=1S/C15H16O2S/c1-17-15-9-14(8-7-13(15)10-16)18-11-12-5-3-2-4-6-12/h2-9,16H,10-11H2,1H3. The van der Waals surface area contributed by atoms with Crippen molar-refractivity contribution in [2.45, 2.75) is 17.3 Å². The highest BCUT2D eigenvalue weighted by molar-refractivity contribution is 7.98. The normalized spacial score (nSPS) is 10.3. The molecular formula is C15H16O2S. The predicted molar refractivity (Wildman–Crippen MR) is 74.9 cm³/mol. The zero-order valence-electron chi connectivity index (χ0n) is 10.3. The van der Waals surface area contributed by atoms with Gasteiger partial charge in [0.15, 0.2) is 0 Å². The first-order valence-corrected chi connectivity index (χ1v) is 6.76. The second-order valence-corrected chi connectivity index (χ2v) is 4.95. The molecule has 0 spiro atoms. The minimum Gasteiger partial charge on any atom is -0.496 e. The lowest BCUT2D eigenvalue weighted by Crippen LogP contribution is -1.92. The first-order valence-electron chi connectivity index (χ1n) is 5.78. The van der Waals surface area contributed by atoms with E-state index in [9.17, 15) is 0 Å². The average Bonchev–Trinajstić information content (AvgIpc) is 2.45. The first kappa shape index (κ1) is 13.0. The van der Waals surface area contributed by atoms with Gasteiger partial charge in [-0.25, -0.2) is 0 Å². The van der Waals surface area contributed by atoms with E-state index in [0.717, 1.165) is 22.0 Å². The van der Waals surface area contributed by atoms with E-state index in [4.69, 9.17) is 9.84 Å². The summed E-state index contributed by atoms with van der Waals surface area (Å²) < 4.78 is 5.26. The van der Waals surface area contributed by atoms with Crippen LogP contribution in [0.3, 0.4) is 0 Å². The molecule has 0 bridgehead atoms. The van der Waals surface area contributed by atoms with Gasteiger partial charge in [-0.2, -0.15) is 0 Å². The van der Waals surface area contributed by atoms with Crippen molar-refractivity contribution in [3.8, 4) is 5.75 Å². The Morgan fingerprint density at radius 3 is 2.56 bits per heavy atom. The molecule has 2 rings (SSSR count). The fourth-order valence-electron chi connectivity index (χ4n) is 1.69. The van der Waals surface area contributed by atoms with Crippen molar-refractivity contribution >= 4 is 11.8 Å². The molecule has 0 saturated heterocycles. The number of methoxy groups -OCH3 is 1. The second kappa shape index (κ2) is 6.47. The lowest BCUT2D eigenvalue weighted by molar-refractivity contribution is 0.273. The smallest absolute Gasteiger partial charge is 0.125 e. The van der Waals surface area contributed by atoms with Crippen molar-refractivity contribution in [1.82, 2.24) is 0 Å². The van der Waals surface area contributed by atoms with Crippen LogP contribution in [0.15, 0.2) is 53.4 Å². The molecular weight excluding hydrogens is 244 g/mol. The molecule has 2 aromatic carbocycles. The van der Waals surface area contributed by atoms with E-state index in [2.05, 4.69) is 12.1 Å². The molecule has 1 N–H and O–H groups in total. The van der Waals surface area contributed by atoms with E-state index in [-0.39, 0.29) is 6.61 Å². The fraction of sp³-hybridized carbons (Fsp3) is 0.200. The van der Waals surface area contributed by atoms with Crippen molar-refractivity contribution in [3.63, 3.8) is 0 Å². The van der Waals surface area contributed by atoms with Gasteiger partial charge in [-0.1, -0.05) is 36.4 Å². The van der Waals surface area contributed by atoms with Crippen LogP contribution in [-0.4, -0.2) is 12.2 Å². The highest BCUT2D eigenvalue weighted by atomic mass is 32.2. The number of aliphatic hydroxyl groups is 1. The zero-order chi connectivity index (χ0) is 12.8. The topological polar surface area (TPSA) is 29.5 Å². The van der Waals surface area contributed by atoms with Gasteiger partial charge < -0.3 is 9.84 Å². The van der Waals surface area contributed by atoms with Gasteiger partial charge in [0.05, 0.1) is 13.7 Å². The van der Waals surface area contributed by atoms with E-state index in [1.807, 2.05) is 36.4 Å². The van der Waals surface area contributed by atoms with Gasteiger partial charge in [-0.15, -0.1) is 11.8 Å². The van der Waals surface area contributed by atoms with Crippen LogP contribution in [0.1, 0.15) is 11.1 Å². The van der Waals surface area contributed by atoms with Crippen LogP contribution in [0.25, 0.3) is 0 Å². The average molecular weight is 260 g/mol. The van der Waals surface area contributed by atoms with Crippen molar-refractivity contribution in [2.24, 2.45) is 0 Å². The maximum Gasteiger partial charge on any atom is 0.125 e. The van der Waals surface area contributed by atoms with Crippen molar-refractivity contribution in [3.05, 3.63) is 59.7 Å². The maximum atomic E-state index is 9.16. The molecule has 0 aliphatic carbocycles. The molecule has 0 saturated carbocycles. The summed E-state index contributed by atoms with van der Waals surface area (Å²) in [6, 6.07) is 16.2. The fourth-order valence-corrected chi connectivity index (χ4v) is 2.57. The van der Waals surface area contributed by atoms with Gasteiger partial charge >= 0.3 is 0 Å². The van der Waals surface area contributed by atoms with Gasteiger partial charge in [-0.3, -0.25) is 0 Å². The highest BCUT2D eigenvalue weighted by Crippen LogP contribution is 2.28. The molecule has 94 valence electrons. The summed E-state index contributed by atoms with van der Waals surface area (Å²) in [4.78, 5) is 1.15. The largest absolute Gasteiger partial charge is 0.496 e. The van der Waals surface area contributed by atoms with Gasteiger partial charge in [0.2, 0.25) is 0 Å². The molecule has 0 atom stereocenters. The number of thioether (sulfide) groups is 1. The molecule has 0 heterocycles. The number of ether oxygens (including phenoxy) is 1. The highest BCUT2D eigenvalue weighted by Gasteiger charge is 2.04. The summed E-state index contributed by atoms with van der Waals surface area (Å²) in [6.07, 6.45) is 0. The molecule has 0 fully saturated rings. The minimum absolute atomic E-state index is 0.00675. The third-order valence-electron chi connectivity index (χ3n) is 2.68. The molecule has 18 heavy (non-hydrogen) atoms. The second-order valence-electron chi connectivity index (χ2n) is 3.91. The van der Waals surface area contributed by atoms with Gasteiger partial charge in [0.1, 0.15) is 5.75 Å². The molecule has 0 aliphatic rings. The Kier molecular flexibility index (Phi) is 4.67. The van der Waals surface area contributed by atoms with E-state index >= 15 is 0 Å². The summed E-state index contributed by atoms with van der Waals surface area (Å²) in [5.74, 6) is 1.68. The number of hydrogen-bond donors (Lipinski definition) is 1. The van der Waals surface area contributed by atoms with Gasteiger partial charge in [-0.05, 0) is 17.7 Å². The predicted octanol–water partition coefficient (Wildman–Crippen LogP) is 3.48. The Morgan fingerprint density at radius 1 is 1.11 bits per heavy atom. The molecule has 0 aromatic heterocycles. The number of benzene rings is 2. The Hall–Kier alpha value is -1.45. The van der Waals surface area contributed by atoms with Crippen LogP contribution >= 0.6 is 11.8 Å². The Labute approximate surface area is 112 Å². The van der Waals surface area contributed by atoms with Crippen molar-refractivity contribution in [2.75, 3.05) is 7.11 Å². The SMILES string of the molecule is COc1cc(SCc2ccccc2)ccc1CO.